The van der Waals surface area contributed by atoms with Gasteiger partial charge in [-0.2, -0.15) is 0 Å². The molecule has 2 aromatic carbocycles. The number of benzene rings is 2. The summed E-state index contributed by atoms with van der Waals surface area (Å²) in [5.41, 5.74) is -0.0687. The number of β-lactam (4-membered cyclic amide) rings is 1. The standard InChI is InChI=1S/C41H52N8O11S2Si/c1-39(2,3)59-37(55)45-36-43-26(22-61-36)28(31(50)44-29-32(51)47-23-41(35(53)54,62-33(29)47)48-19-20-49(42)38(48)56)46-60-27(21-57-63(7,8)40(4,5)6)34(52)58-30(24-15-11-9-12-16-24)25-17-13-10-14-18-25/h9-18,22,27,29-30,33H,19-21,23,42H2,1-8H3,(H,44,50)(H,53,54)(H,43,45,55)/b46-28-/t27-,29-,33-,41-/m1/s1. The van der Waals surface area contributed by atoms with Crippen LogP contribution in [-0.4, -0.2) is 129 Å². The van der Waals surface area contributed by atoms with Gasteiger partial charge in [0.15, 0.2) is 25.3 Å². The predicted octanol–water partition coefficient (Wildman–Crippen LogP) is 4.73. The smallest absolute Gasteiger partial charge is 0.413 e. The molecule has 3 saturated heterocycles. The second-order valence-corrected chi connectivity index (χ2v) is 24.6. The number of anilines is 1. The van der Waals surface area contributed by atoms with Gasteiger partial charge in [0.2, 0.25) is 16.9 Å². The molecular weight excluding hydrogens is 873 g/mol. The van der Waals surface area contributed by atoms with Crippen molar-refractivity contribution >= 4 is 78.1 Å². The van der Waals surface area contributed by atoms with Gasteiger partial charge in [-0.1, -0.05) is 98.4 Å². The summed E-state index contributed by atoms with van der Waals surface area (Å²) in [6.45, 7) is 14.6. The third-order valence-electron chi connectivity index (χ3n) is 10.9. The zero-order chi connectivity index (χ0) is 46.1. The Kier molecular flexibility index (Phi) is 13.6. The minimum Gasteiger partial charge on any atom is -0.479 e. The number of nitrogens with zero attached hydrogens (tertiary/aromatic N) is 5. The highest BCUT2D eigenvalue weighted by Gasteiger charge is 2.66. The van der Waals surface area contributed by atoms with Crippen LogP contribution in [0.2, 0.25) is 18.1 Å². The third kappa shape index (κ3) is 10.3. The fourth-order valence-electron chi connectivity index (χ4n) is 6.48. The Labute approximate surface area is 373 Å². The Balaban J connectivity index is 1.32. The second kappa shape index (κ2) is 18.3. The molecule has 5 N–H and O–H groups in total. The summed E-state index contributed by atoms with van der Waals surface area (Å²) in [6.07, 6.45) is -3.20. The van der Waals surface area contributed by atoms with Crippen LogP contribution in [0, 0.1) is 0 Å². The minimum absolute atomic E-state index is 0.0121. The molecule has 0 unspecified atom stereocenters. The van der Waals surface area contributed by atoms with Crippen molar-refractivity contribution in [1.82, 2.24) is 25.1 Å². The van der Waals surface area contributed by atoms with Crippen molar-refractivity contribution in [3.63, 3.8) is 0 Å². The van der Waals surface area contributed by atoms with E-state index in [2.05, 4.69) is 20.8 Å². The zero-order valence-corrected chi connectivity index (χ0v) is 38.8. The number of hydrogen-bond donors (Lipinski definition) is 4. The van der Waals surface area contributed by atoms with Gasteiger partial charge in [-0.3, -0.25) is 24.8 Å². The molecule has 0 saturated carbocycles. The Morgan fingerprint density at radius 2 is 1.62 bits per heavy atom. The van der Waals surface area contributed by atoms with Crippen molar-refractivity contribution in [3.05, 3.63) is 82.9 Å². The number of fused-ring (bicyclic) bond motifs is 1. The number of carboxylic acids is 1. The van der Waals surface area contributed by atoms with E-state index in [4.69, 9.17) is 24.6 Å². The van der Waals surface area contributed by atoms with E-state index in [1.807, 2.05) is 94.5 Å². The number of carbonyl (C=O) groups is 6. The number of urea groups is 1. The molecule has 1 aromatic heterocycles. The molecule has 0 radical (unpaired) electrons. The van der Waals surface area contributed by atoms with Crippen molar-refractivity contribution in [2.75, 3.05) is 31.6 Å². The Bertz CT molecular complexity index is 2210. The lowest BCUT2D eigenvalue weighted by Crippen LogP contribution is -2.68. The lowest BCUT2D eigenvalue weighted by atomic mass is 10.0. The number of aromatic nitrogens is 1. The average Bonchev–Trinajstić information content (AvgIpc) is 3.92. The van der Waals surface area contributed by atoms with Gasteiger partial charge in [0.25, 0.3) is 5.91 Å². The summed E-state index contributed by atoms with van der Waals surface area (Å²) in [7, 11) is -2.53. The number of esters is 1. The lowest BCUT2D eigenvalue weighted by molar-refractivity contribution is -0.163. The van der Waals surface area contributed by atoms with Crippen LogP contribution in [0.25, 0.3) is 0 Å². The number of carboxylic acid groups (broad SMARTS) is 1. The van der Waals surface area contributed by atoms with E-state index in [1.165, 1.54) is 10.3 Å². The number of thioether (sulfide) groups is 1. The van der Waals surface area contributed by atoms with E-state index in [-0.39, 0.29) is 42.1 Å². The molecule has 63 heavy (non-hydrogen) atoms. The van der Waals surface area contributed by atoms with Gasteiger partial charge in [-0.25, -0.2) is 30.0 Å². The summed E-state index contributed by atoms with van der Waals surface area (Å²) in [5.74, 6) is 1.95. The number of carbonyl (C=O) groups excluding carboxylic acids is 5. The summed E-state index contributed by atoms with van der Waals surface area (Å²) < 4.78 is 17.9. The molecule has 4 heterocycles. The number of thiazole rings is 1. The first-order chi connectivity index (χ1) is 29.5. The summed E-state index contributed by atoms with van der Waals surface area (Å²) in [6, 6.07) is 16.3. The fraction of sp³-hybridized carbons (Fsp3) is 0.463. The third-order valence-corrected chi connectivity index (χ3v) is 17.8. The van der Waals surface area contributed by atoms with Gasteiger partial charge in [0, 0.05) is 11.9 Å². The van der Waals surface area contributed by atoms with Crippen LogP contribution in [0.5, 0.6) is 0 Å². The van der Waals surface area contributed by atoms with Crippen LogP contribution in [0.3, 0.4) is 0 Å². The molecule has 3 aromatic rings. The van der Waals surface area contributed by atoms with Crippen molar-refractivity contribution in [3.8, 4) is 0 Å². The molecule has 0 aliphatic carbocycles. The van der Waals surface area contributed by atoms with E-state index in [1.54, 1.807) is 20.8 Å². The molecule has 338 valence electrons. The maximum Gasteiger partial charge on any atom is 0.413 e. The maximum atomic E-state index is 14.3. The number of nitrogens with one attached hydrogen (secondary N) is 2. The average molecular weight is 925 g/mol. The van der Waals surface area contributed by atoms with Crippen LogP contribution >= 0.6 is 23.1 Å². The normalized spacial score (nSPS) is 20.9. The molecule has 3 aliphatic heterocycles. The quantitative estimate of drug-likeness (QED) is 0.0307. The molecule has 5 amide bonds. The number of ether oxygens (including phenoxy) is 2. The SMILES string of the molecule is CC(C)(C)OC(=O)Nc1nc(/C(=N/O[C@H](CO[Si](C)(C)C(C)(C)C)C(=O)OC(c2ccccc2)c2ccccc2)C(=O)N[C@@H]2C(=O)N3C[C@@](C(=O)O)(N4CCN(N)C4=O)S[C@H]23)cs1. The van der Waals surface area contributed by atoms with Crippen molar-refractivity contribution in [2.45, 2.75) is 93.8 Å². The van der Waals surface area contributed by atoms with Crippen LogP contribution < -0.4 is 16.5 Å². The minimum atomic E-state index is -2.53. The molecule has 0 bridgehead atoms. The fourth-order valence-corrected chi connectivity index (χ4v) is 9.79. The van der Waals surface area contributed by atoms with Gasteiger partial charge in [-0.15, -0.1) is 11.3 Å². The number of rotatable bonds is 15. The van der Waals surface area contributed by atoms with Crippen molar-refractivity contribution < 1.29 is 52.6 Å². The summed E-state index contributed by atoms with van der Waals surface area (Å²) in [5, 5.41) is 20.9. The number of amides is 5. The Hall–Kier alpha value is -5.55. The number of hydrazine groups is 1. The van der Waals surface area contributed by atoms with E-state index >= 15 is 0 Å². The topological polar surface area (TPSA) is 245 Å². The first kappa shape index (κ1) is 46.9. The zero-order valence-electron chi connectivity index (χ0n) is 36.1. The van der Waals surface area contributed by atoms with Gasteiger partial charge in [0.05, 0.1) is 19.7 Å². The monoisotopic (exact) mass is 924 g/mol. The number of nitrogens with two attached hydrogens (primary N) is 1. The molecular formula is C41H52N8O11S2Si. The Morgan fingerprint density at radius 3 is 2.16 bits per heavy atom. The number of aliphatic carboxylic acids is 1. The maximum absolute atomic E-state index is 14.3. The van der Waals surface area contributed by atoms with Crippen LogP contribution in [0.1, 0.15) is 64.5 Å². The molecule has 19 nitrogen and oxygen atoms in total. The molecule has 4 atom stereocenters. The largest absolute Gasteiger partial charge is 0.479 e. The second-order valence-electron chi connectivity index (χ2n) is 17.6. The van der Waals surface area contributed by atoms with E-state index in [0.717, 1.165) is 33.0 Å². The summed E-state index contributed by atoms with van der Waals surface area (Å²) >= 11 is 1.76. The van der Waals surface area contributed by atoms with Crippen LogP contribution in [0.4, 0.5) is 14.7 Å². The molecule has 6 rings (SSSR count). The molecule has 22 heteroatoms. The van der Waals surface area contributed by atoms with Crippen molar-refractivity contribution in [1.29, 1.82) is 0 Å². The highest BCUT2D eigenvalue weighted by Crippen LogP contribution is 2.49. The first-order valence-electron chi connectivity index (χ1n) is 20.0. The summed E-state index contributed by atoms with van der Waals surface area (Å²) in [4.78, 5) is 91.2. The highest BCUT2D eigenvalue weighted by molar-refractivity contribution is 8.02. The van der Waals surface area contributed by atoms with E-state index in [9.17, 15) is 33.9 Å². The molecule has 0 spiro atoms. The first-order valence-corrected chi connectivity index (χ1v) is 24.7. The molecule has 3 aliphatic rings. The van der Waals surface area contributed by atoms with Gasteiger partial charge in [-0.05, 0) is 50.0 Å². The lowest BCUT2D eigenvalue weighted by Gasteiger charge is -2.41. The van der Waals surface area contributed by atoms with Gasteiger partial charge < -0.3 is 34.1 Å². The number of hydrogen-bond acceptors (Lipinski definition) is 15. The van der Waals surface area contributed by atoms with Crippen molar-refractivity contribution in [2.24, 2.45) is 11.0 Å². The number of oxime groups is 1. The van der Waals surface area contributed by atoms with Crippen LogP contribution in [-0.2, 0) is 37.9 Å². The van der Waals surface area contributed by atoms with Crippen LogP contribution in [0.15, 0.2) is 71.2 Å². The van der Waals surface area contributed by atoms with Gasteiger partial charge >= 0.3 is 24.1 Å². The van der Waals surface area contributed by atoms with E-state index < -0.39 is 84.0 Å². The Morgan fingerprint density at radius 1 is 1.00 bits per heavy atom. The van der Waals surface area contributed by atoms with E-state index in [0.29, 0.717) is 11.1 Å². The highest BCUT2D eigenvalue weighted by atomic mass is 32.2. The predicted molar refractivity (Wildman–Crippen MR) is 236 cm³/mol. The molecule has 3 fully saturated rings. The van der Waals surface area contributed by atoms with Gasteiger partial charge in [0.1, 0.15) is 22.7 Å².